The Labute approximate surface area is 173 Å². The molecule has 144 valence electrons. The maximum atomic E-state index is 12.4. The lowest BCUT2D eigenvalue weighted by atomic mass is 10.2. The largest absolute Gasteiger partial charge is 0.489 e. The minimum absolute atomic E-state index is 0.162. The van der Waals surface area contributed by atoms with Crippen molar-refractivity contribution in [3.05, 3.63) is 112 Å². The summed E-state index contributed by atoms with van der Waals surface area (Å²) in [5.74, 6) is 0.777. The number of fused-ring (bicyclic) bond motifs is 1. The smallest absolute Gasteiger partial charge is 0.258 e. The number of nitrogens with zero attached hydrogens (tertiary/aromatic N) is 2. The minimum Gasteiger partial charge on any atom is -0.489 e. The number of ether oxygens (including phenoxy) is 1. The molecule has 2 heterocycles. The maximum Gasteiger partial charge on any atom is 0.258 e. The molecular weight excluding hydrogens is 384 g/mol. The minimum atomic E-state index is -0.162. The van der Waals surface area contributed by atoms with Crippen LogP contribution in [0.5, 0.6) is 5.75 Å². The zero-order valence-electron chi connectivity index (χ0n) is 15.9. The van der Waals surface area contributed by atoms with Crippen LogP contribution in [0.1, 0.15) is 22.4 Å². The van der Waals surface area contributed by atoms with Crippen LogP contribution in [-0.2, 0) is 6.61 Å². The predicted molar refractivity (Wildman–Crippen MR) is 117 cm³/mol. The summed E-state index contributed by atoms with van der Waals surface area (Å²) in [5.41, 5.74) is 3.85. The third kappa shape index (κ3) is 4.55. The molecule has 5 heteroatoms. The fourth-order valence-corrected chi connectivity index (χ4v) is 3.18. The van der Waals surface area contributed by atoms with E-state index in [0.29, 0.717) is 23.0 Å². The number of aryl methyl sites for hydroxylation is 1. The van der Waals surface area contributed by atoms with E-state index in [1.54, 1.807) is 12.3 Å². The Morgan fingerprint density at radius 3 is 2.59 bits per heavy atom. The van der Waals surface area contributed by atoms with Crippen molar-refractivity contribution in [3.8, 4) is 5.75 Å². The van der Waals surface area contributed by atoms with Crippen molar-refractivity contribution in [2.24, 2.45) is 0 Å². The molecule has 0 radical (unpaired) electrons. The number of hydrogen-bond donors (Lipinski definition) is 0. The van der Waals surface area contributed by atoms with Crippen LogP contribution in [0.15, 0.2) is 83.8 Å². The Hall–Kier alpha value is -3.37. The Morgan fingerprint density at radius 1 is 1.07 bits per heavy atom. The highest BCUT2D eigenvalue weighted by atomic mass is 35.5. The van der Waals surface area contributed by atoms with Gasteiger partial charge in [-0.15, -0.1) is 0 Å². The highest BCUT2D eigenvalue weighted by Gasteiger charge is 2.06. The molecule has 0 saturated carbocycles. The number of pyridine rings is 1. The van der Waals surface area contributed by atoms with Gasteiger partial charge in [-0.3, -0.25) is 9.20 Å². The van der Waals surface area contributed by atoms with E-state index in [-0.39, 0.29) is 5.56 Å². The topological polar surface area (TPSA) is 43.6 Å². The van der Waals surface area contributed by atoms with Crippen molar-refractivity contribution in [3.63, 3.8) is 0 Å². The van der Waals surface area contributed by atoms with Gasteiger partial charge < -0.3 is 4.74 Å². The first-order valence-electron chi connectivity index (χ1n) is 9.23. The van der Waals surface area contributed by atoms with Crippen LogP contribution in [0, 0.1) is 6.92 Å². The fraction of sp³-hybridized carbons (Fsp3) is 0.0833. The molecule has 0 aliphatic heterocycles. The summed E-state index contributed by atoms with van der Waals surface area (Å²) in [6, 6.07) is 22.8. The second-order valence-electron chi connectivity index (χ2n) is 6.75. The Balaban J connectivity index is 1.52. The zero-order chi connectivity index (χ0) is 20.2. The summed E-state index contributed by atoms with van der Waals surface area (Å²) in [5, 5.41) is 0.406. The molecule has 4 aromatic rings. The zero-order valence-corrected chi connectivity index (χ0v) is 16.6. The van der Waals surface area contributed by atoms with Crippen LogP contribution in [0.2, 0.25) is 0 Å². The van der Waals surface area contributed by atoms with Crippen molar-refractivity contribution in [2.45, 2.75) is 13.5 Å². The van der Waals surface area contributed by atoms with Gasteiger partial charge in [-0.1, -0.05) is 60.1 Å². The molecular formula is C24H19ClN2O2. The molecule has 0 amide bonds. The standard InChI is InChI=1S/C24H19ClN2O2/c1-17-7-12-23-26-22(14-24(28)27(23)15-17)21(25)13-18-8-10-20(11-9-18)29-16-19-5-3-2-4-6-19/h2-15H,16H2,1H3/b21-13-. The van der Waals surface area contributed by atoms with E-state index in [1.165, 1.54) is 10.5 Å². The molecule has 29 heavy (non-hydrogen) atoms. The lowest BCUT2D eigenvalue weighted by Gasteiger charge is -2.07. The lowest BCUT2D eigenvalue weighted by molar-refractivity contribution is 0.306. The molecule has 0 aliphatic rings. The Kier molecular flexibility index (Phi) is 5.45. The third-order valence-corrected chi connectivity index (χ3v) is 4.78. The van der Waals surface area contributed by atoms with E-state index in [4.69, 9.17) is 16.3 Å². The van der Waals surface area contributed by atoms with Gasteiger partial charge in [0, 0.05) is 12.3 Å². The van der Waals surface area contributed by atoms with Gasteiger partial charge in [-0.25, -0.2) is 4.98 Å². The van der Waals surface area contributed by atoms with E-state index in [9.17, 15) is 4.79 Å². The lowest BCUT2D eigenvalue weighted by Crippen LogP contribution is -2.15. The van der Waals surface area contributed by atoms with Gasteiger partial charge in [0.2, 0.25) is 0 Å². The van der Waals surface area contributed by atoms with Gasteiger partial charge in [-0.2, -0.15) is 0 Å². The van der Waals surface area contributed by atoms with Gasteiger partial charge in [0.1, 0.15) is 18.0 Å². The molecule has 0 aliphatic carbocycles. The molecule has 0 unspecified atom stereocenters. The highest BCUT2D eigenvalue weighted by Crippen LogP contribution is 2.22. The number of hydrogen-bond acceptors (Lipinski definition) is 3. The predicted octanol–water partition coefficient (Wildman–Crippen LogP) is 5.32. The van der Waals surface area contributed by atoms with Crippen LogP contribution in [0.4, 0.5) is 0 Å². The van der Waals surface area contributed by atoms with Gasteiger partial charge in [0.15, 0.2) is 0 Å². The monoisotopic (exact) mass is 402 g/mol. The van der Waals surface area contributed by atoms with Crippen molar-refractivity contribution >= 4 is 28.4 Å². The first-order valence-corrected chi connectivity index (χ1v) is 9.61. The molecule has 0 bridgehead atoms. The van der Waals surface area contributed by atoms with Crippen LogP contribution >= 0.6 is 11.6 Å². The summed E-state index contributed by atoms with van der Waals surface area (Å²) in [6.45, 7) is 2.45. The van der Waals surface area contributed by atoms with Crippen molar-refractivity contribution < 1.29 is 4.74 Å². The molecule has 0 atom stereocenters. The van der Waals surface area contributed by atoms with Crippen LogP contribution < -0.4 is 10.3 Å². The second kappa shape index (κ2) is 8.33. The molecule has 2 aromatic heterocycles. The van der Waals surface area contributed by atoms with Crippen LogP contribution in [0.25, 0.3) is 16.8 Å². The molecule has 2 aromatic carbocycles. The molecule has 4 nitrogen and oxygen atoms in total. The normalized spacial score (nSPS) is 11.6. The molecule has 0 fully saturated rings. The average Bonchev–Trinajstić information content (AvgIpc) is 2.74. The number of aromatic nitrogens is 2. The van der Waals surface area contributed by atoms with E-state index in [1.807, 2.05) is 73.7 Å². The van der Waals surface area contributed by atoms with E-state index >= 15 is 0 Å². The quantitative estimate of drug-likeness (QED) is 0.454. The van der Waals surface area contributed by atoms with Crippen molar-refractivity contribution in [1.29, 1.82) is 0 Å². The van der Waals surface area contributed by atoms with Crippen LogP contribution in [0.3, 0.4) is 0 Å². The second-order valence-corrected chi connectivity index (χ2v) is 7.16. The van der Waals surface area contributed by atoms with Crippen molar-refractivity contribution in [2.75, 3.05) is 0 Å². The molecule has 4 rings (SSSR count). The van der Waals surface area contributed by atoms with Crippen LogP contribution in [-0.4, -0.2) is 9.38 Å². The number of rotatable bonds is 5. The average molecular weight is 403 g/mol. The summed E-state index contributed by atoms with van der Waals surface area (Å²) in [7, 11) is 0. The number of benzene rings is 2. The van der Waals surface area contributed by atoms with E-state index in [2.05, 4.69) is 4.98 Å². The summed E-state index contributed by atoms with van der Waals surface area (Å²) < 4.78 is 7.32. The van der Waals surface area contributed by atoms with Gasteiger partial charge >= 0.3 is 0 Å². The first-order chi connectivity index (χ1) is 14.1. The van der Waals surface area contributed by atoms with E-state index < -0.39 is 0 Å². The fourth-order valence-electron chi connectivity index (χ4n) is 2.95. The highest BCUT2D eigenvalue weighted by molar-refractivity contribution is 6.51. The summed E-state index contributed by atoms with van der Waals surface area (Å²) >= 11 is 6.44. The summed E-state index contributed by atoms with van der Waals surface area (Å²) in [6.07, 6.45) is 3.55. The van der Waals surface area contributed by atoms with Gasteiger partial charge in [0.25, 0.3) is 5.56 Å². The summed E-state index contributed by atoms with van der Waals surface area (Å²) in [4.78, 5) is 16.9. The molecule has 0 spiro atoms. The Bertz CT molecular complexity index is 1230. The number of halogens is 1. The third-order valence-electron chi connectivity index (χ3n) is 4.47. The van der Waals surface area contributed by atoms with Gasteiger partial charge in [-0.05, 0) is 47.9 Å². The van der Waals surface area contributed by atoms with E-state index in [0.717, 1.165) is 22.4 Å². The SMILES string of the molecule is Cc1ccc2nc(/C(Cl)=C/c3ccc(OCc4ccccc4)cc3)cc(=O)n2c1. The molecule has 0 saturated heterocycles. The van der Waals surface area contributed by atoms with Gasteiger partial charge in [0.05, 0.1) is 10.7 Å². The van der Waals surface area contributed by atoms with Crippen molar-refractivity contribution in [1.82, 2.24) is 9.38 Å². The Morgan fingerprint density at radius 2 is 1.83 bits per heavy atom. The first kappa shape index (κ1) is 19.0. The molecule has 0 N–H and O–H groups in total. The maximum absolute atomic E-state index is 12.4.